The maximum atomic E-state index is 12.1. The van der Waals surface area contributed by atoms with Gasteiger partial charge in [0, 0.05) is 18.3 Å². The summed E-state index contributed by atoms with van der Waals surface area (Å²) in [6, 6.07) is 0. The largest absolute Gasteiger partial charge is 0.461 e. The molecule has 2 saturated carbocycles. The average Bonchev–Trinajstić information content (AvgIpc) is 2.89. The van der Waals surface area contributed by atoms with Crippen LogP contribution in [0.1, 0.15) is 46.5 Å². The Morgan fingerprint density at radius 2 is 2.08 bits per heavy atom. The van der Waals surface area contributed by atoms with E-state index < -0.39 is 0 Å². The van der Waals surface area contributed by atoms with Crippen molar-refractivity contribution >= 4 is 11.9 Å². The molecule has 0 radical (unpaired) electrons. The highest BCUT2D eigenvalue weighted by atomic mass is 16.6. The average molecular weight is 332 g/mol. The Balaban J connectivity index is 1.80. The van der Waals surface area contributed by atoms with E-state index in [1.165, 1.54) is 5.57 Å². The van der Waals surface area contributed by atoms with Crippen molar-refractivity contribution in [2.45, 2.75) is 58.7 Å². The third kappa shape index (κ3) is 2.91. The summed E-state index contributed by atoms with van der Waals surface area (Å²) in [5, 5.41) is 0. The fourth-order valence-electron chi connectivity index (χ4n) is 4.61. The van der Waals surface area contributed by atoms with E-state index in [-0.39, 0.29) is 53.7 Å². The van der Waals surface area contributed by atoms with Crippen LogP contribution in [0, 0.1) is 29.6 Å². The molecule has 0 aromatic carbocycles. The maximum Gasteiger partial charge on any atom is 0.309 e. The number of allylic oxidation sites excluding steroid dienone is 1. The Kier molecular flexibility index (Phi) is 4.58. The second-order valence-electron chi connectivity index (χ2n) is 8.07. The summed E-state index contributed by atoms with van der Waals surface area (Å²) in [4.78, 5) is 24.1. The van der Waals surface area contributed by atoms with Crippen molar-refractivity contribution in [1.82, 2.24) is 0 Å². The summed E-state index contributed by atoms with van der Waals surface area (Å²) >= 11 is 0. The highest BCUT2D eigenvalue weighted by molar-refractivity contribution is 5.75. The number of esters is 2. The SMILES string of the molecule is C=C1CCC2C(C)C(=O)OC2C2C(=C)C(OC(=O)CC(C)C)CC12. The molecule has 132 valence electrons. The van der Waals surface area contributed by atoms with Gasteiger partial charge in [-0.25, -0.2) is 0 Å². The van der Waals surface area contributed by atoms with Crippen LogP contribution >= 0.6 is 0 Å². The summed E-state index contributed by atoms with van der Waals surface area (Å²) < 4.78 is 11.4. The van der Waals surface area contributed by atoms with E-state index in [1.54, 1.807) is 0 Å². The molecule has 3 aliphatic rings. The molecule has 4 nitrogen and oxygen atoms in total. The van der Waals surface area contributed by atoms with Gasteiger partial charge >= 0.3 is 11.9 Å². The second-order valence-corrected chi connectivity index (χ2v) is 8.07. The van der Waals surface area contributed by atoms with E-state index in [0.29, 0.717) is 6.42 Å². The minimum atomic E-state index is -0.281. The van der Waals surface area contributed by atoms with Crippen molar-refractivity contribution in [3.8, 4) is 0 Å². The molecule has 3 fully saturated rings. The Morgan fingerprint density at radius 1 is 1.38 bits per heavy atom. The lowest BCUT2D eigenvalue weighted by atomic mass is 9.80. The quantitative estimate of drug-likeness (QED) is 0.584. The molecule has 0 amide bonds. The van der Waals surface area contributed by atoms with Crippen molar-refractivity contribution in [3.63, 3.8) is 0 Å². The van der Waals surface area contributed by atoms with Gasteiger partial charge < -0.3 is 9.47 Å². The van der Waals surface area contributed by atoms with E-state index in [0.717, 1.165) is 24.8 Å². The van der Waals surface area contributed by atoms with Crippen molar-refractivity contribution in [2.75, 3.05) is 0 Å². The number of hydrogen-bond donors (Lipinski definition) is 0. The molecule has 2 aliphatic carbocycles. The summed E-state index contributed by atoms with van der Waals surface area (Å²) in [6.07, 6.45) is 2.56. The van der Waals surface area contributed by atoms with Gasteiger partial charge in [-0.15, -0.1) is 0 Å². The maximum absolute atomic E-state index is 12.1. The van der Waals surface area contributed by atoms with Crippen LogP contribution < -0.4 is 0 Å². The normalized spacial score (nSPS) is 38.6. The first-order chi connectivity index (χ1) is 11.3. The third-order valence-electron chi connectivity index (χ3n) is 5.96. The van der Waals surface area contributed by atoms with Crippen LogP contribution in [0.15, 0.2) is 24.3 Å². The van der Waals surface area contributed by atoms with Crippen LogP contribution in [-0.4, -0.2) is 24.1 Å². The first-order valence-electron chi connectivity index (χ1n) is 9.06. The first-order valence-corrected chi connectivity index (χ1v) is 9.06. The Labute approximate surface area is 144 Å². The fraction of sp³-hybridized carbons (Fsp3) is 0.700. The van der Waals surface area contributed by atoms with E-state index in [2.05, 4.69) is 13.2 Å². The number of carbonyl (C=O) groups excluding carboxylic acids is 2. The molecule has 6 atom stereocenters. The zero-order valence-corrected chi connectivity index (χ0v) is 14.9. The number of hydrogen-bond acceptors (Lipinski definition) is 4. The third-order valence-corrected chi connectivity index (χ3v) is 5.96. The van der Waals surface area contributed by atoms with Gasteiger partial charge in [0.15, 0.2) is 0 Å². The van der Waals surface area contributed by atoms with Crippen molar-refractivity contribution in [2.24, 2.45) is 29.6 Å². The number of rotatable bonds is 3. The van der Waals surface area contributed by atoms with Crippen LogP contribution in [0.3, 0.4) is 0 Å². The predicted octanol–water partition coefficient (Wildman–Crippen LogP) is 3.66. The van der Waals surface area contributed by atoms with Gasteiger partial charge in [0.2, 0.25) is 0 Å². The zero-order chi connectivity index (χ0) is 17.6. The highest BCUT2D eigenvalue weighted by Gasteiger charge is 2.54. The van der Waals surface area contributed by atoms with E-state index >= 15 is 0 Å². The fourth-order valence-corrected chi connectivity index (χ4v) is 4.61. The molecular formula is C20H28O4. The molecule has 0 bridgehead atoms. The van der Waals surface area contributed by atoms with Crippen LogP contribution in [0.2, 0.25) is 0 Å². The van der Waals surface area contributed by atoms with E-state index in [1.807, 2.05) is 20.8 Å². The lowest BCUT2D eigenvalue weighted by molar-refractivity contribution is -0.148. The minimum absolute atomic E-state index is 0.0377. The van der Waals surface area contributed by atoms with E-state index in [9.17, 15) is 9.59 Å². The summed E-state index contributed by atoms with van der Waals surface area (Å²) in [5.74, 6) is 0.366. The minimum Gasteiger partial charge on any atom is -0.461 e. The molecule has 1 saturated heterocycles. The summed E-state index contributed by atoms with van der Waals surface area (Å²) in [6.45, 7) is 14.4. The number of ether oxygens (including phenoxy) is 2. The van der Waals surface area contributed by atoms with Gasteiger partial charge in [-0.05, 0) is 36.7 Å². The molecule has 24 heavy (non-hydrogen) atoms. The molecule has 0 N–H and O–H groups in total. The molecule has 0 spiro atoms. The first kappa shape index (κ1) is 17.2. The summed E-state index contributed by atoms with van der Waals surface area (Å²) in [7, 11) is 0. The standard InChI is InChI=1S/C20H28O4/c1-10(2)8-17(21)23-16-9-15-11(3)6-7-14-12(4)20(22)24-19(14)18(15)13(16)5/h10,12,14-16,18-19H,3,5-9H2,1-2,4H3. The van der Waals surface area contributed by atoms with Crippen LogP contribution in [-0.2, 0) is 19.1 Å². The molecular weight excluding hydrogens is 304 g/mol. The van der Waals surface area contributed by atoms with Crippen LogP contribution in [0.25, 0.3) is 0 Å². The molecule has 4 heteroatoms. The molecule has 0 aromatic heterocycles. The lowest BCUT2D eigenvalue weighted by Gasteiger charge is -2.26. The molecule has 0 aromatic rings. The molecule has 1 aliphatic heterocycles. The Morgan fingerprint density at radius 3 is 2.75 bits per heavy atom. The zero-order valence-electron chi connectivity index (χ0n) is 14.9. The van der Waals surface area contributed by atoms with Crippen LogP contribution in [0.4, 0.5) is 0 Å². The number of carbonyl (C=O) groups is 2. The van der Waals surface area contributed by atoms with Gasteiger partial charge in [0.05, 0.1) is 5.92 Å². The van der Waals surface area contributed by atoms with Crippen molar-refractivity contribution < 1.29 is 19.1 Å². The topological polar surface area (TPSA) is 52.6 Å². The van der Waals surface area contributed by atoms with Gasteiger partial charge in [-0.2, -0.15) is 0 Å². The van der Waals surface area contributed by atoms with Crippen molar-refractivity contribution in [1.29, 1.82) is 0 Å². The summed E-state index contributed by atoms with van der Waals surface area (Å²) in [5.41, 5.74) is 2.08. The lowest BCUT2D eigenvalue weighted by Crippen LogP contribution is -2.30. The monoisotopic (exact) mass is 332 g/mol. The van der Waals surface area contributed by atoms with Gasteiger partial charge in [0.25, 0.3) is 0 Å². The molecule has 1 heterocycles. The van der Waals surface area contributed by atoms with Crippen molar-refractivity contribution in [3.05, 3.63) is 24.3 Å². The Hall–Kier alpha value is -1.58. The predicted molar refractivity (Wildman–Crippen MR) is 91.0 cm³/mol. The highest BCUT2D eigenvalue weighted by Crippen LogP contribution is 2.52. The second kappa shape index (κ2) is 6.38. The number of fused-ring (bicyclic) bond motifs is 3. The van der Waals surface area contributed by atoms with Gasteiger partial charge in [-0.3, -0.25) is 9.59 Å². The Bertz CT molecular complexity index is 576. The van der Waals surface area contributed by atoms with Crippen LogP contribution in [0.5, 0.6) is 0 Å². The van der Waals surface area contributed by atoms with Gasteiger partial charge in [0.1, 0.15) is 12.2 Å². The van der Waals surface area contributed by atoms with Gasteiger partial charge in [-0.1, -0.05) is 39.5 Å². The smallest absolute Gasteiger partial charge is 0.309 e. The van der Waals surface area contributed by atoms with E-state index in [4.69, 9.17) is 9.47 Å². The molecule has 3 rings (SSSR count). The molecule has 6 unspecified atom stereocenters.